The molecule has 2 nitrogen and oxygen atoms in total. The summed E-state index contributed by atoms with van der Waals surface area (Å²) in [5, 5.41) is 7.44. The van der Waals surface area contributed by atoms with Gasteiger partial charge in [0.25, 0.3) is 0 Å². The SMILES string of the molecule is CC(C)NCC1CCC(CNC2CCCCC2)CC1. The Hall–Kier alpha value is -0.0800. The molecule has 2 fully saturated rings. The molecular formula is C17H34N2. The minimum absolute atomic E-state index is 0.644. The van der Waals surface area contributed by atoms with Gasteiger partial charge in [0, 0.05) is 12.1 Å². The molecule has 2 heteroatoms. The molecule has 112 valence electrons. The molecule has 0 aromatic carbocycles. The van der Waals surface area contributed by atoms with Crippen LogP contribution in [0.25, 0.3) is 0 Å². The van der Waals surface area contributed by atoms with Crippen LogP contribution in [0.15, 0.2) is 0 Å². The molecule has 0 aromatic rings. The summed E-state index contributed by atoms with van der Waals surface area (Å²) < 4.78 is 0. The van der Waals surface area contributed by atoms with Crippen LogP contribution in [-0.2, 0) is 0 Å². The van der Waals surface area contributed by atoms with E-state index in [4.69, 9.17) is 0 Å². The Bertz CT molecular complexity index is 225. The van der Waals surface area contributed by atoms with Crippen LogP contribution in [0.4, 0.5) is 0 Å². The molecule has 0 spiro atoms. The first-order chi connectivity index (χ1) is 9.24. The van der Waals surface area contributed by atoms with E-state index in [9.17, 15) is 0 Å². The predicted octanol–water partition coefficient (Wildman–Crippen LogP) is 3.71. The topological polar surface area (TPSA) is 24.1 Å². The Kier molecular flexibility index (Phi) is 6.66. The third-order valence-corrected chi connectivity index (χ3v) is 5.08. The highest BCUT2D eigenvalue weighted by Crippen LogP contribution is 2.28. The van der Waals surface area contributed by atoms with E-state index in [1.165, 1.54) is 70.9 Å². The standard InChI is InChI=1S/C17H34N2/c1-14(2)18-12-15-8-10-16(11-9-15)13-19-17-6-4-3-5-7-17/h14-19H,3-13H2,1-2H3. The number of hydrogen-bond donors (Lipinski definition) is 2. The first-order valence-corrected chi connectivity index (χ1v) is 8.71. The number of rotatable bonds is 6. The van der Waals surface area contributed by atoms with Crippen LogP contribution in [0.1, 0.15) is 71.6 Å². The lowest BCUT2D eigenvalue weighted by atomic mass is 9.81. The fourth-order valence-corrected chi connectivity index (χ4v) is 3.68. The van der Waals surface area contributed by atoms with Crippen molar-refractivity contribution in [1.82, 2.24) is 10.6 Å². The fraction of sp³-hybridized carbons (Fsp3) is 1.00. The smallest absolute Gasteiger partial charge is 0.00671 e. The maximum Gasteiger partial charge on any atom is 0.00671 e. The summed E-state index contributed by atoms with van der Waals surface area (Å²) in [6, 6.07) is 1.49. The summed E-state index contributed by atoms with van der Waals surface area (Å²) in [5.74, 6) is 1.89. The lowest BCUT2D eigenvalue weighted by molar-refractivity contribution is 0.244. The van der Waals surface area contributed by atoms with Crippen LogP contribution < -0.4 is 10.6 Å². The third kappa shape index (κ3) is 5.83. The van der Waals surface area contributed by atoms with Crippen molar-refractivity contribution in [3.63, 3.8) is 0 Å². The van der Waals surface area contributed by atoms with Gasteiger partial charge in [0.2, 0.25) is 0 Å². The van der Waals surface area contributed by atoms with E-state index in [0.717, 1.165) is 17.9 Å². The molecule has 2 aliphatic carbocycles. The van der Waals surface area contributed by atoms with Gasteiger partial charge in [-0.2, -0.15) is 0 Å². The summed E-state index contributed by atoms with van der Waals surface area (Å²) in [6.45, 7) is 7.02. The average molecular weight is 266 g/mol. The zero-order valence-electron chi connectivity index (χ0n) is 13.1. The maximum absolute atomic E-state index is 3.84. The average Bonchev–Trinajstić information content (AvgIpc) is 2.45. The van der Waals surface area contributed by atoms with Gasteiger partial charge in [-0.3, -0.25) is 0 Å². The van der Waals surface area contributed by atoms with E-state index >= 15 is 0 Å². The van der Waals surface area contributed by atoms with Crippen molar-refractivity contribution in [2.45, 2.75) is 83.7 Å². The Morgan fingerprint density at radius 3 is 1.95 bits per heavy atom. The second-order valence-electron chi connectivity index (χ2n) is 7.19. The Balaban J connectivity index is 1.55. The number of hydrogen-bond acceptors (Lipinski definition) is 2. The highest BCUT2D eigenvalue weighted by molar-refractivity contribution is 4.78. The Morgan fingerprint density at radius 1 is 0.789 bits per heavy atom. The predicted molar refractivity (Wildman–Crippen MR) is 83.5 cm³/mol. The molecule has 0 aromatic heterocycles. The zero-order chi connectivity index (χ0) is 13.5. The van der Waals surface area contributed by atoms with Gasteiger partial charge in [-0.05, 0) is 63.5 Å². The lowest BCUT2D eigenvalue weighted by Crippen LogP contribution is -2.37. The van der Waals surface area contributed by atoms with E-state index < -0.39 is 0 Å². The highest BCUT2D eigenvalue weighted by Gasteiger charge is 2.22. The van der Waals surface area contributed by atoms with Crippen molar-refractivity contribution < 1.29 is 0 Å². The summed E-state index contributed by atoms with van der Waals surface area (Å²) >= 11 is 0. The van der Waals surface area contributed by atoms with E-state index in [2.05, 4.69) is 24.5 Å². The molecular weight excluding hydrogens is 232 g/mol. The van der Waals surface area contributed by atoms with Crippen LogP contribution in [0.2, 0.25) is 0 Å². The Labute approximate surface area is 120 Å². The Morgan fingerprint density at radius 2 is 1.37 bits per heavy atom. The molecule has 0 aliphatic heterocycles. The molecule has 2 N–H and O–H groups in total. The van der Waals surface area contributed by atoms with Gasteiger partial charge >= 0.3 is 0 Å². The van der Waals surface area contributed by atoms with Crippen molar-refractivity contribution in [2.24, 2.45) is 11.8 Å². The molecule has 0 radical (unpaired) electrons. The normalized spacial score (nSPS) is 29.8. The monoisotopic (exact) mass is 266 g/mol. The second kappa shape index (κ2) is 8.26. The molecule has 0 atom stereocenters. The van der Waals surface area contributed by atoms with Crippen LogP contribution in [0, 0.1) is 11.8 Å². The van der Waals surface area contributed by atoms with Gasteiger partial charge in [0.1, 0.15) is 0 Å². The molecule has 0 bridgehead atoms. The van der Waals surface area contributed by atoms with Gasteiger partial charge in [-0.25, -0.2) is 0 Å². The molecule has 19 heavy (non-hydrogen) atoms. The highest BCUT2D eigenvalue weighted by atomic mass is 14.9. The second-order valence-corrected chi connectivity index (χ2v) is 7.19. The summed E-state index contributed by atoms with van der Waals surface area (Å²) in [7, 11) is 0. The molecule has 0 unspecified atom stereocenters. The summed E-state index contributed by atoms with van der Waals surface area (Å²) in [4.78, 5) is 0. The van der Waals surface area contributed by atoms with Crippen LogP contribution in [0.5, 0.6) is 0 Å². The van der Waals surface area contributed by atoms with E-state index in [0.29, 0.717) is 6.04 Å². The molecule has 0 amide bonds. The fourth-order valence-electron chi connectivity index (χ4n) is 3.68. The minimum atomic E-state index is 0.644. The molecule has 0 saturated heterocycles. The third-order valence-electron chi connectivity index (χ3n) is 5.08. The summed E-state index contributed by atoms with van der Waals surface area (Å²) in [6.07, 6.45) is 13.0. The minimum Gasteiger partial charge on any atom is -0.314 e. The van der Waals surface area contributed by atoms with Crippen LogP contribution in [0.3, 0.4) is 0 Å². The van der Waals surface area contributed by atoms with Crippen molar-refractivity contribution in [2.75, 3.05) is 13.1 Å². The maximum atomic E-state index is 3.84. The molecule has 0 heterocycles. The molecule has 2 aliphatic rings. The summed E-state index contributed by atoms with van der Waals surface area (Å²) in [5.41, 5.74) is 0. The first-order valence-electron chi connectivity index (χ1n) is 8.71. The zero-order valence-corrected chi connectivity index (χ0v) is 13.1. The number of nitrogens with one attached hydrogen (secondary N) is 2. The van der Waals surface area contributed by atoms with Crippen LogP contribution >= 0.6 is 0 Å². The van der Waals surface area contributed by atoms with E-state index in [1.807, 2.05) is 0 Å². The van der Waals surface area contributed by atoms with E-state index in [1.54, 1.807) is 0 Å². The van der Waals surface area contributed by atoms with Crippen molar-refractivity contribution >= 4 is 0 Å². The van der Waals surface area contributed by atoms with Crippen molar-refractivity contribution in [1.29, 1.82) is 0 Å². The largest absolute Gasteiger partial charge is 0.314 e. The van der Waals surface area contributed by atoms with Gasteiger partial charge in [-0.15, -0.1) is 0 Å². The van der Waals surface area contributed by atoms with Gasteiger partial charge in [0.15, 0.2) is 0 Å². The van der Waals surface area contributed by atoms with Crippen LogP contribution in [-0.4, -0.2) is 25.2 Å². The van der Waals surface area contributed by atoms with Crippen molar-refractivity contribution in [3.8, 4) is 0 Å². The van der Waals surface area contributed by atoms with Gasteiger partial charge < -0.3 is 10.6 Å². The molecule has 2 rings (SSSR count). The van der Waals surface area contributed by atoms with Gasteiger partial charge in [0.05, 0.1) is 0 Å². The van der Waals surface area contributed by atoms with Gasteiger partial charge in [-0.1, -0.05) is 33.1 Å². The lowest BCUT2D eigenvalue weighted by Gasteiger charge is -2.31. The first kappa shape index (κ1) is 15.3. The van der Waals surface area contributed by atoms with E-state index in [-0.39, 0.29) is 0 Å². The quantitative estimate of drug-likeness (QED) is 0.766. The molecule has 2 saturated carbocycles. The van der Waals surface area contributed by atoms with Crippen molar-refractivity contribution in [3.05, 3.63) is 0 Å².